The van der Waals surface area contributed by atoms with Crippen molar-refractivity contribution in [2.75, 3.05) is 13.1 Å². The van der Waals surface area contributed by atoms with Crippen molar-refractivity contribution in [1.82, 2.24) is 10.6 Å². The zero-order valence-electron chi connectivity index (χ0n) is 8.39. The van der Waals surface area contributed by atoms with Crippen LogP contribution in [0.2, 0.25) is 0 Å². The van der Waals surface area contributed by atoms with E-state index in [0.29, 0.717) is 23.8 Å². The molecule has 0 aromatic carbocycles. The number of hydrogen-bond donors (Lipinski definition) is 2. The molecule has 0 spiro atoms. The Balaban J connectivity index is 2.20. The second-order valence-corrected chi connectivity index (χ2v) is 4.93. The Morgan fingerprint density at radius 3 is 2.92 bits per heavy atom. The number of rotatable bonds is 0. The first-order valence-electron chi connectivity index (χ1n) is 5.10. The highest BCUT2D eigenvalue weighted by Crippen LogP contribution is 2.37. The van der Waals surface area contributed by atoms with Crippen molar-refractivity contribution < 1.29 is 4.79 Å². The first kappa shape index (κ1) is 9.00. The van der Waals surface area contributed by atoms with Crippen molar-refractivity contribution in [3.8, 4) is 0 Å². The Morgan fingerprint density at radius 2 is 2.15 bits per heavy atom. The van der Waals surface area contributed by atoms with Crippen LogP contribution < -0.4 is 10.6 Å². The van der Waals surface area contributed by atoms with Gasteiger partial charge in [0.2, 0.25) is 5.91 Å². The van der Waals surface area contributed by atoms with Gasteiger partial charge in [-0.2, -0.15) is 0 Å². The van der Waals surface area contributed by atoms with Gasteiger partial charge in [-0.05, 0) is 17.8 Å². The first-order chi connectivity index (χ1) is 6.09. The first-order valence-corrected chi connectivity index (χ1v) is 5.10. The lowest BCUT2D eigenvalue weighted by molar-refractivity contribution is -0.121. The molecule has 0 bridgehead atoms. The molecular formula is C10H18N2O. The minimum Gasteiger partial charge on any atom is -0.352 e. The lowest BCUT2D eigenvalue weighted by Gasteiger charge is -2.32. The molecule has 13 heavy (non-hydrogen) atoms. The average molecular weight is 182 g/mol. The predicted molar refractivity (Wildman–Crippen MR) is 51.3 cm³/mol. The minimum atomic E-state index is 0.226. The summed E-state index contributed by atoms with van der Waals surface area (Å²) in [6, 6.07) is 0.366. The van der Waals surface area contributed by atoms with Gasteiger partial charge in [0.25, 0.3) is 0 Å². The van der Waals surface area contributed by atoms with Crippen LogP contribution >= 0.6 is 0 Å². The number of carbonyl (C=O) groups excluding carboxylic acids is 1. The molecule has 0 aliphatic carbocycles. The SMILES string of the molecule is CC1(C)CCC(=O)NC2CNCC21. The summed E-state index contributed by atoms with van der Waals surface area (Å²) in [6.45, 7) is 6.55. The van der Waals surface area contributed by atoms with Gasteiger partial charge in [-0.3, -0.25) is 4.79 Å². The zero-order valence-corrected chi connectivity index (χ0v) is 8.39. The van der Waals surface area contributed by atoms with E-state index in [1.807, 2.05) is 0 Å². The highest BCUT2D eigenvalue weighted by atomic mass is 16.1. The molecule has 3 heteroatoms. The van der Waals surface area contributed by atoms with E-state index >= 15 is 0 Å². The number of amides is 1. The van der Waals surface area contributed by atoms with E-state index in [-0.39, 0.29) is 5.91 Å². The fraction of sp³-hybridized carbons (Fsp3) is 0.900. The maximum absolute atomic E-state index is 11.4. The number of fused-ring (bicyclic) bond motifs is 1. The normalized spacial score (nSPS) is 37.8. The largest absolute Gasteiger partial charge is 0.352 e. The topological polar surface area (TPSA) is 41.1 Å². The highest BCUT2D eigenvalue weighted by Gasteiger charge is 2.41. The molecule has 2 N–H and O–H groups in total. The lowest BCUT2D eigenvalue weighted by atomic mass is 9.74. The van der Waals surface area contributed by atoms with Crippen molar-refractivity contribution >= 4 is 5.91 Å². The molecule has 2 aliphatic heterocycles. The van der Waals surface area contributed by atoms with Crippen LogP contribution in [0.15, 0.2) is 0 Å². The maximum atomic E-state index is 11.4. The molecule has 2 rings (SSSR count). The number of carbonyl (C=O) groups is 1. The average Bonchev–Trinajstić information content (AvgIpc) is 2.46. The van der Waals surface area contributed by atoms with E-state index < -0.39 is 0 Å². The van der Waals surface area contributed by atoms with Gasteiger partial charge in [0, 0.05) is 25.6 Å². The molecule has 3 nitrogen and oxygen atoms in total. The van der Waals surface area contributed by atoms with E-state index in [0.717, 1.165) is 19.5 Å². The van der Waals surface area contributed by atoms with Gasteiger partial charge in [0.1, 0.15) is 0 Å². The second-order valence-electron chi connectivity index (χ2n) is 4.93. The third-order valence-electron chi connectivity index (χ3n) is 3.56. The van der Waals surface area contributed by atoms with Crippen molar-refractivity contribution in [3.63, 3.8) is 0 Å². The molecule has 2 heterocycles. The van der Waals surface area contributed by atoms with Crippen LogP contribution in [0, 0.1) is 11.3 Å². The molecule has 2 atom stereocenters. The Hall–Kier alpha value is -0.570. The van der Waals surface area contributed by atoms with Crippen molar-refractivity contribution in [1.29, 1.82) is 0 Å². The predicted octanol–water partition coefficient (Wildman–Crippen LogP) is 0.511. The molecule has 2 saturated heterocycles. The fourth-order valence-electron chi connectivity index (χ4n) is 2.55. The Labute approximate surface area is 79.3 Å². The van der Waals surface area contributed by atoms with Gasteiger partial charge in [-0.25, -0.2) is 0 Å². The van der Waals surface area contributed by atoms with Gasteiger partial charge in [-0.1, -0.05) is 13.8 Å². The fourth-order valence-corrected chi connectivity index (χ4v) is 2.55. The van der Waals surface area contributed by atoms with Gasteiger partial charge >= 0.3 is 0 Å². The standard InChI is InChI=1S/C10H18N2O/c1-10(2)4-3-9(13)12-8-6-11-5-7(8)10/h7-8,11H,3-6H2,1-2H3,(H,12,13). The maximum Gasteiger partial charge on any atom is 0.220 e. The molecule has 2 aliphatic rings. The quantitative estimate of drug-likeness (QED) is 0.573. The molecule has 74 valence electrons. The van der Waals surface area contributed by atoms with Gasteiger partial charge in [0.05, 0.1) is 0 Å². The van der Waals surface area contributed by atoms with Gasteiger partial charge in [0.15, 0.2) is 0 Å². The molecule has 0 aromatic rings. The van der Waals surface area contributed by atoms with Crippen LogP contribution in [0.1, 0.15) is 26.7 Å². The monoisotopic (exact) mass is 182 g/mol. The number of nitrogens with one attached hydrogen (secondary N) is 2. The summed E-state index contributed by atoms with van der Waals surface area (Å²) in [5.74, 6) is 0.836. The summed E-state index contributed by atoms with van der Waals surface area (Å²) < 4.78 is 0. The summed E-state index contributed by atoms with van der Waals surface area (Å²) in [6.07, 6.45) is 1.71. The third-order valence-corrected chi connectivity index (χ3v) is 3.56. The Kier molecular flexibility index (Phi) is 2.06. The van der Waals surface area contributed by atoms with E-state index in [1.54, 1.807) is 0 Å². The lowest BCUT2D eigenvalue weighted by Crippen LogP contribution is -2.41. The van der Waals surface area contributed by atoms with Crippen LogP contribution in [0.5, 0.6) is 0 Å². The van der Waals surface area contributed by atoms with Crippen LogP contribution in [0.3, 0.4) is 0 Å². The summed E-state index contributed by atoms with van der Waals surface area (Å²) in [7, 11) is 0. The highest BCUT2D eigenvalue weighted by molar-refractivity contribution is 5.76. The molecule has 2 fully saturated rings. The van der Waals surface area contributed by atoms with Crippen molar-refractivity contribution in [3.05, 3.63) is 0 Å². The summed E-state index contributed by atoms with van der Waals surface area (Å²) in [5, 5.41) is 6.45. The van der Waals surface area contributed by atoms with Crippen LogP contribution in [-0.4, -0.2) is 25.0 Å². The Morgan fingerprint density at radius 1 is 1.38 bits per heavy atom. The van der Waals surface area contributed by atoms with Gasteiger partial charge in [-0.15, -0.1) is 0 Å². The van der Waals surface area contributed by atoms with Crippen molar-refractivity contribution in [2.45, 2.75) is 32.7 Å². The van der Waals surface area contributed by atoms with Crippen LogP contribution in [-0.2, 0) is 4.79 Å². The minimum absolute atomic E-state index is 0.226. The smallest absolute Gasteiger partial charge is 0.220 e. The second kappa shape index (κ2) is 2.98. The van der Waals surface area contributed by atoms with E-state index in [2.05, 4.69) is 24.5 Å². The number of hydrogen-bond acceptors (Lipinski definition) is 2. The van der Waals surface area contributed by atoms with Crippen molar-refractivity contribution in [2.24, 2.45) is 11.3 Å². The van der Waals surface area contributed by atoms with Crippen LogP contribution in [0.4, 0.5) is 0 Å². The van der Waals surface area contributed by atoms with Gasteiger partial charge < -0.3 is 10.6 Å². The molecule has 2 unspecified atom stereocenters. The molecule has 0 saturated carbocycles. The molecule has 1 amide bonds. The van der Waals surface area contributed by atoms with Crippen LogP contribution in [0.25, 0.3) is 0 Å². The molecule has 0 radical (unpaired) electrons. The van der Waals surface area contributed by atoms with E-state index in [9.17, 15) is 4.79 Å². The molecule has 0 aromatic heterocycles. The third kappa shape index (κ3) is 1.57. The molecular weight excluding hydrogens is 164 g/mol. The Bertz CT molecular complexity index is 225. The van der Waals surface area contributed by atoms with E-state index in [1.165, 1.54) is 0 Å². The summed E-state index contributed by atoms with van der Waals surface area (Å²) >= 11 is 0. The summed E-state index contributed by atoms with van der Waals surface area (Å²) in [5.41, 5.74) is 0.299. The summed E-state index contributed by atoms with van der Waals surface area (Å²) in [4.78, 5) is 11.4. The van der Waals surface area contributed by atoms with E-state index in [4.69, 9.17) is 0 Å². The zero-order chi connectivity index (χ0) is 9.47.